The van der Waals surface area contributed by atoms with Gasteiger partial charge >= 0.3 is 0 Å². The maximum absolute atomic E-state index is 11.6. The lowest BCUT2D eigenvalue weighted by Crippen LogP contribution is -2.44. The average Bonchev–Trinajstić information content (AvgIpc) is 2.02. The van der Waals surface area contributed by atoms with E-state index in [0.717, 1.165) is 0 Å². The molecule has 1 saturated heterocycles. The first kappa shape index (κ1) is 14.4. The van der Waals surface area contributed by atoms with Gasteiger partial charge in [-0.25, -0.2) is 8.42 Å². The quantitative estimate of drug-likeness (QED) is 0.646. The Kier molecular flexibility index (Phi) is 5.23. The summed E-state index contributed by atoms with van der Waals surface area (Å²) in [6.07, 6.45) is 0.514. The highest BCUT2D eigenvalue weighted by Crippen LogP contribution is 2.08. The number of carbonyl (C=O) groups is 1. The van der Waals surface area contributed by atoms with Crippen LogP contribution in [0.25, 0.3) is 0 Å². The number of amides is 1. The third kappa shape index (κ3) is 4.61. The van der Waals surface area contributed by atoms with Crippen molar-refractivity contribution in [2.24, 2.45) is 5.92 Å². The molecule has 1 amide bonds. The number of carbonyl (C=O) groups excluding carboxylic acids is 1. The van der Waals surface area contributed by atoms with E-state index in [4.69, 9.17) is 0 Å². The van der Waals surface area contributed by atoms with Gasteiger partial charge in [0.1, 0.15) is 0 Å². The molecule has 2 N–H and O–H groups in total. The minimum absolute atomic E-state index is 0. The zero-order chi connectivity index (χ0) is 10.8. The highest BCUT2D eigenvalue weighted by Gasteiger charge is 2.24. The Labute approximate surface area is 90.7 Å². The van der Waals surface area contributed by atoms with Crippen molar-refractivity contribution < 1.29 is 18.7 Å². The zero-order valence-electron chi connectivity index (χ0n) is 9.19. The van der Waals surface area contributed by atoms with Crippen molar-refractivity contribution in [3.63, 3.8) is 0 Å². The molecule has 5 nitrogen and oxygen atoms in total. The van der Waals surface area contributed by atoms with E-state index in [2.05, 4.69) is 0 Å². The van der Waals surface area contributed by atoms with E-state index < -0.39 is 9.84 Å². The topological polar surface area (TPSA) is 86.0 Å². The van der Waals surface area contributed by atoms with E-state index in [1.165, 1.54) is 0 Å². The smallest absolute Gasteiger partial charge is 0.222 e. The first-order valence-corrected chi connectivity index (χ1v) is 6.71. The van der Waals surface area contributed by atoms with Crippen LogP contribution in [0.1, 0.15) is 20.3 Å². The maximum atomic E-state index is 11.6. The summed E-state index contributed by atoms with van der Waals surface area (Å²) in [7, 11) is -2.87. The molecule has 1 heterocycles. The molecule has 0 unspecified atom stereocenters. The summed E-state index contributed by atoms with van der Waals surface area (Å²) in [5, 5.41) is 0. The standard InChI is InChI=1S/C9H17NO3S.H2O/c1-8(2)7-9(11)10-3-5-14(12,13)6-4-10;/h8H,3-7H2,1-2H3;1H2. The third-order valence-electron chi connectivity index (χ3n) is 2.28. The van der Waals surface area contributed by atoms with Crippen LogP contribution in [0.3, 0.4) is 0 Å². The van der Waals surface area contributed by atoms with E-state index in [-0.39, 0.29) is 22.9 Å². The van der Waals surface area contributed by atoms with Gasteiger partial charge in [0.15, 0.2) is 9.84 Å². The van der Waals surface area contributed by atoms with Gasteiger partial charge in [-0.05, 0) is 5.92 Å². The Morgan fingerprint density at radius 2 is 1.73 bits per heavy atom. The van der Waals surface area contributed by atoms with Gasteiger partial charge in [0, 0.05) is 19.5 Å². The summed E-state index contributed by atoms with van der Waals surface area (Å²) in [5.74, 6) is 0.657. The molecule has 0 aromatic rings. The summed E-state index contributed by atoms with van der Waals surface area (Å²) in [6.45, 7) is 4.71. The fourth-order valence-corrected chi connectivity index (χ4v) is 2.64. The highest BCUT2D eigenvalue weighted by molar-refractivity contribution is 7.91. The molecule has 6 heteroatoms. The molecule has 1 rings (SSSR count). The molecular formula is C9H19NO4S. The summed E-state index contributed by atoms with van der Waals surface area (Å²) < 4.78 is 22.2. The summed E-state index contributed by atoms with van der Waals surface area (Å²) >= 11 is 0. The van der Waals surface area contributed by atoms with Crippen LogP contribution >= 0.6 is 0 Å². The fourth-order valence-electron chi connectivity index (χ4n) is 1.44. The highest BCUT2D eigenvalue weighted by atomic mass is 32.2. The molecule has 0 aliphatic carbocycles. The number of hydrogen-bond donors (Lipinski definition) is 0. The van der Waals surface area contributed by atoms with Gasteiger partial charge in [-0.3, -0.25) is 4.79 Å². The molecule has 1 aliphatic rings. The van der Waals surface area contributed by atoms with Gasteiger partial charge in [0.2, 0.25) is 5.91 Å². The Bertz CT molecular complexity index is 296. The number of hydrogen-bond acceptors (Lipinski definition) is 3. The van der Waals surface area contributed by atoms with Crippen molar-refractivity contribution in [1.29, 1.82) is 0 Å². The zero-order valence-corrected chi connectivity index (χ0v) is 10.0. The SMILES string of the molecule is CC(C)CC(=O)N1CCS(=O)(=O)CC1.O. The largest absolute Gasteiger partial charge is 0.412 e. The van der Waals surface area contributed by atoms with Crippen molar-refractivity contribution >= 4 is 15.7 Å². The molecular weight excluding hydrogens is 218 g/mol. The summed E-state index contributed by atoms with van der Waals surface area (Å²) in [4.78, 5) is 13.2. The van der Waals surface area contributed by atoms with Gasteiger partial charge in [0.25, 0.3) is 0 Å². The first-order valence-electron chi connectivity index (χ1n) is 4.89. The Hall–Kier alpha value is -0.620. The van der Waals surface area contributed by atoms with E-state index in [1.54, 1.807) is 4.90 Å². The van der Waals surface area contributed by atoms with Gasteiger partial charge in [-0.2, -0.15) is 0 Å². The number of sulfone groups is 1. The molecule has 0 aromatic heterocycles. The molecule has 0 saturated carbocycles. The molecule has 1 aliphatic heterocycles. The van der Waals surface area contributed by atoms with Crippen LogP contribution < -0.4 is 0 Å². The molecule has 0 bridgehead atoms. The van der Waals surface area contributed by atoms with Crippen molar-refractivity contribution in [2.75, 3.05) is 24.6 Å². The van der Waals surface area contributed by atoms with Crippen molar-refractivity contribution in [3.05, 3.63) is 0 Å². The summed E-state index contributed by atoms with van der Waals surface area (Å²) in [6, 6.07) is 0. The van der Waals surface area contributed by atoms with Crippen LogP contribution in [-0.4, -0.2) is 49.3 Å². The second-order valence-corrected chi connectivity index (χ2v) is 6.43. The molecule has 0 atom stereocenters. The van der Waals surface area contributed by atoms with Crippen LogP contribution in [-0.2, 0) is 14.6 Å². The Balaban J connectivity index is 0.00000196. The van der Waals surface area contributed by atoms with Crippen molar-refractivity contribution in [2.45, 2.75) is 20.3 Å². The number of rotatable bonds is 2. The first-order chi connectivity index (χ1) is 6.41. The monoisotopic (exact) mass is 237 g/mol. The molecule has 0 aromatic carbocycles. The Morgan fingerprint density at radius 1 is 1.27 bits per heavy atom. The van der Waals surface area contributed by atoms with E-state index in [9.17, 15) is 13.2 Å². The minimum atomic E-state index is -2.87. The fraction of sp³-hybridized carbons (Fsp3) is 0.889. The lowest BCUT2D eigenvalue weighted by atomic mass is 10.1. The summed E-state index contributed by atoms with van der Waals surface area (Å²) in [5.41, 5.74) is 0. The van der Waals surface area contributed by atoms with Gasteiger partial charge in [-0.1, -0.05) is 13.8 Å². The number of nitrogens with zero attached hydrogens (tertiary/aromatic N) is 1. The van der Waals surface area contributed by atoms with Crippen LogP contribution in [0.4, 0.5) is 0 Å². The Morgan fingerprint density at radius 3 is 2.13 bits per heavy atom. The normalized spacial score (nSPS) is 19.8. The van der Waals surface area contributed by atoms with Crippen LogP contribution in [0.5, 0.6) is 0 Å². The lowest BCUT2D eigenvalue weighted by Gasteiger charge is -2.27. The second kappa shape index (κ2) is 5.46. The van der Waals surface area contributed by atoms with Crippen LogP contribution in [0.2, 0.25) is 0 Å². The molecule has 0 spiro atoms. The van der Waals surface area contributed by atoms with Gasteiger partial charge < -0.3 is 10.4 Å². The lowest BCUT2D eigenvalue weighted by molar-refractivity contribution is -0.131. The van der Waals surface area contributed by atoms with E-state index in [1.807, 2.05) is 13.8 Å². The molecule has 1 fully saturated rings. The maximum Gasteiger partial charge on any atom is 0.222 e. The minimum Gasteiger partial charge on any atom is -0.412 e. The van der Waals surface area contributed by atoms with Crippen LogP contribution in [0, 0.1) is 5.92 Å². The predicted octanol–water partition coefficient (Wildman–Crippen LogP) is -0.535. The van der Waals surface area contributed by atoms with Crippen molar-refractivity contribution in [3.8, 4) is 0 Å². The van der Waals surface area contributed by atoms with Gasteiger partial charge in [-0.15, -0.1) is 0 Å². The molecule has 15 heavy (non-hydrogen) atoms. The predicted molar refractivity (Wildman–Crippen MR) is 58.3 cm³/mol. The average molecular weight is 237 g/mol. The van der Waals surface area contributed by atoms with E-state index >= 15 is 0 Å². The van der Waals surface area contributed by atoms with E-state index in [0.29, 0.717) is 25.4 Å². The molecule has 0 radical (unpaired) electrons. The third-order valence-corrected chi connectivity index (χ3v) is 3.89. The van der Waals surface area contributed by atoms with Crippen LogP contribution in [0.15, 0.2) is 0 Å². The molecule has 90 valence electrons. The van der Waals surface area contributed by atoms with Gasteiger partial charge in [0.05, 0.1) is 11.5 Å². The van der Waals surface area contributed by atoms with Crippen molar-refractivity contribution in [1.82, 2.24) is 4.90 Å². The second-order valence-electron chi connectivity index (χ2n) is 4.13.